The van der Waals surface area contributed by atoms with Gasteiger partial charge in [-0.3, -0.25) is 9.48 Å². The first-order chi connectivity index (χ1) is 12.6. The van der Waals surface area contributed by atoms with Crippen LogP contribution in [0.25, 0.3) is 5.69 Å². The van der Waals surface area contributed by atoms with E-state index in [0.29, 0.717) is 17.3 Å². The van der Waals surface area contributed by atoms with Crippen molar-refractivity contribution in [3.63, 3.8) is 0 Å². The molecule has 1 aliphatic rings. The number of para-hydroxylation sites is 1. The zero-order valence-corrected chi connectivity index (χ0v) is 15.3. The molecule has 0 bridgehead atoms. The van der Waals surface area contributed by atoms with E-state index in [1.54, 1.807) is 6.20 Å². The van der Waals surface area contributed by atoms with Gasteiger partial charge in [0.1, 0.15) is 5.02 Å². The molecule has 6 nitrogen and oxygen atoms in total. The van der Waals surface area contributed by atoms with Gasteiger partial charge in [-0.2, -0.15) is 14.9 Å². The summed E-state index contributed by atoms with van der Waals surface area (Å²) in [5.41, 5.74) is 2.41. The first kappa shape index (κ1) is 16.8. The van der Waals surface area contributed by atoms with Crippen molar-refractivity contribution in [2.45, 2.75) is 18.8 Å². The van der Waals surface area contributed by atoms with Gasteiger partial charge >= 0.3 is 0 Å². The van der Waals surface area contributed by atoms with E-state index in [4.69, 9.17) is 11.6 Å². The zero-order chi connectivity index (χ0) is 18.1. The van der Waals surface area contributed by atoms with Gasteiger partial charge in [-0.1, -0.05) is 29.8 Å². The highest BCUT2D eigenvalue weighted by molar-refractivity contribution is 6.33. The molecule has 3 aromatic rings. The van der Waals surface area contributed by atoms with Crippen LogP contribution >= 0.6 is 11.6 Å². The molecule has 0 aliphatic carbocycles. The summed E-state index contributed by atoms with van der Waals surface area (Å²) in [6.45, 7) is 1.69. The summed E-state index contributed by atoms with van der Waals surface area (Å²) in [6, 6.07) is 9.31. The molecule has 2 aromatic heterocycles. The van der Waals surface area contributed by atoms with Crippen LogP contribution in [0.4, 0.5) is 5.69 Å². The average Bonchev–Trinajstić information content (AvgIpc) is 3.11. The molecule has 0 saturated carbocycles. The Morgan fingerprint density at radius 3 is 2.46 bits per heavy atom. The Kier molecular flexibility index (Phi) is 4.51. The molecule has 1 fully saturated rings. The van der Waals surface area contributed by atoms with E-state index in [2.05, 4.69) is 21.3 Å². The molecule has 1 aliphatic heterocycles. The molecule has 3 heterocycles. The highest BCUT2D eigenvalue weighted by atomic mass is 35.5. The van der Waals surface area contributed by atoms with Crippen molar-refractivity contribution in [3.05, 3.63) is 69.9 Å². The number of benzene rings is 1. The van der Waals surface area contributed by atoms with E-state index in [1.165, 1.54) is 10.2 Å². The Morgan fingerprint density at radius 2 is 1.81 bits per heavy atom. The molecule has 1 saturated heterocycles. The number of halogens is 1. The maximum Gasteiger partial charge on any atom is 0.292 e. The van der Waals surface area contributed by atoms with Crippen molar-refractivity contribution in [2.75, 3.05) is 18.0 Å². The molecule has 7 heteroatoms. The molecule has 134 valence electrons. The topological polar surface area (TPSA) is 56.0 Å². The highest BCUT2D eigenvalue weighted by Gasteiger charge is 2.24. The van der Waals surface area contributed by atoms with Crippen LogP contribution in [0.5, 0.6) is 0 Å². The maximum atomic E-state index is 12.7. The number of rotatable bonds is 3. The summed E-state index contributed by atoms with van der Waals surface area (Å²) < 4.78 is 3.18. The van der Waals surface area contributed by atoms with Gasteiger partial charge in [0.25, 0.3) is 5.56 Å². The van der Waals surface area contributed by atoms with Crippen LogP contribution in [0.2, 0.25) is 5.02 Å². The van der Waals surface area contributed by atoms with Crippen LogP contribution < -0.4 is 10.5 Å². The standard InChI is InChI=1S/C19H20ClN5O/c1-23-13-15(11-21-23)14-7-9-24(10-8-14)17-12-22-25(19(26)18(17)20)16-5-3-2-4-6-16/h2-6,11-14H,7-10H2,1H3. The summed E-state index contributed by atoms with van der Waals surface area (Å²) in [5, 5.41) is 8.82. The predicted octanol–water partition coefficient (Wildman–Crippen LogP) is 3.00. The number of aryl methyl sites for hydroxylation is 1. The van der Waals surface area contributed by atoms with E-state index < -0.39 is 0 Å². The minimum atomic E-state index is -0.287. The highest BCUT2D eigenvalue weighted by Crippen LogP contribution is 2.31. The minimum Gasteiger partial charge on any atom is -0.369 e. The van der Waals surface area contributed by atoms with Gasteiger partial charge in [0.15, 0.2) is 0 Å². The first-order valence-corrected chi connectivity index (χ1v) is 9.08. The lowest BCUT2D eigenvalue weighted by molar-refractivity contribution is 0.504. The van der Waals surface area contributed by atoms with Crippen molar-refractivity contribution in [1.82, 2.24) is 19.6 Å². The molecule has 26 heavy (non-hydrogen) atoms. The van der Waals surface area contributed by atoms with Crippen molar-refractivity contribution in [1.29, 1.82) is 0 Å². The molecule has 0 N–H and O–H groups in total. The van der Waals surface area contributed by atoms with Crippen molar-refractivity contribution in [3.8, 4) is 5.69 Å². The van der Waals surface area contributed by atoms with Gasteiger partial charge in [-0.25, -0.2) is 0 Å². The maximum absolute atomic E-state index is 12.7. The quantitative estimate of drug-likeness (QED) is 0.712. The molecule has 0 atom stereocenters. The molecule has 1 aromatic carbocycles. The third-order valence-electron chi connectivity index (χ3n) is 4.93. The van der Waals surface area contributed by atoms with Crippen LogP contribution in [0.3, 0.4) is 0 Å². The lowest BCUT2D eigenvalue weighted by Crippen LogP contribution is -2.35. The Balaban J connectivity index is 1.54. The summed E-state index contributed by atoms with van der Waals surface area (Å²) in [6.07, 6.45) is 7.72. The Labute approximate surface area is 156 Å². The van der Waals surface area contributed by atoms with E-state index in [0.717, 1.165) is 25.9 Å². The fraction of sp³-hybridized carbons (Fsp3) is 0.316. The van der Waals surface area contributed by atoms with Gasteiger partial charge in [-0.05, 0) is 36.5 Å². The molecule has 0 radical (unpaired) electrons. The molecular weight excluding hydrogens is 350 g/mol. The monoisotopic (exact) mass is 369 g/mol. The summed E-state index contributed by atoms with van der Waals surface area (Å²) >= 11 is 6.41. The molecule has 0 amide bonds. The smallest absolute Gasteiger partial charge is 0.292 e. The lowest BCUT2D eigenvalue weighted by atomic mass is 9.91. The Morgan fingerprint density at radius 1 is 1.08 bits per heavy atom. The second-order valence-electron chi connectivity index (χ2n) is 6.60. The fourth-order valence-electron chi connectivity index (χ4n) is 3.50. The van der Waals surface area contributed by atoms with Gasteiger partial charge in [0.05, 0.1) is 23.8 Å². The third-order valence-corrected chi connectivity index (χ3v) is 5.29. The summed E-state index contributed by atoms with van der Waals surface area (Å²) in [5.74, 6) is 0.497. The number of hydrogen-bond donors (Lipinski definition) is 0. The van der Waals surface area contributed by atoms with Crippen LogP contribution in [-0.2, 0) is 7.05 Å². The third kappa shape index (κ3) is 3.12. The van der Waals surface area contributed by atoms with E-state index in [9.17, 15) is 4.79 Å². The number of anilines is 1. The normalized spacial score (nSPS) is 15.4. The zero-order valence-electron chi connectivity index (χ0n) is 14.5. The van der Waals surface area contributed by atoms with E-state index in [-0.39, 0.29) is 10.6 Å². The van der Waals surface area contributed by atoms with Gasteiger partial charge in [-0.15, -0.1) is 0 Å². The molecule has 4 rings (SSSR count). The van der Waals surface area contributed by atoms with Gasteiger partial charge in [0.2, 0.25) is 0 Å². The van der Waals surface area contributed by atoms with Gasteiger partial charge < -0.3 is 4.90 Å². The summed E-state index contributed by atoms with van der Waals surface area (Å²) in [4.78, 5) is 14.8. The second-order valence-corrected chi connectivity index (χ2v) is 6.98. The molecule has 0 unspecified atom stereocenters. The number of nitrogens with zero attached hydrogens (tertiary/aromatic N) is 5. The van der Waals surface area contributed by atoms with Crippen LogP contribution in [-0.4, -0.2) is 32.7 Å². The Hall–Kier alpha value is -2.60. The SMILES string of the molecule is Cn1cc(C2CCN(c3cnn(-c4ccccc4)c(=O)c3Cl)CC2)cn1. The molecule has 0 spiro atoms. The lowest BCUT2D eigenvalue weighted by Gasteiger charge is -2.33. The fourth-order valence-corrected chi connectivity index (χ4v) is 3.75. The van der Waals surface area contributed by atoms with Crippen LogP contribution in [0.1, 0.15) is 24.3 Å². The minimum absolute atomic E-state index is 0.226. The van der Waals surface area contributed by atoms with E-state index in [1.807, 2.05) is 48.3 Å². The second kappa shape index (κ2) is 6.96. The summed E-state index contributed by atoms with van der Waals surface area (Å²) in [7, 11) is 1.94. The Bertz CT molecular complexity index is 958. The number of aromatic nitrogens is 4. The first-order valence-electron chi connectivity index (χ1n) is 8.70. The number of hydrogen-bond acceptors (Lipinski definition) is 4. The van der Waals surface area contributed by atoms with Crippen LogP contribution in [0.15, 0.2) is 53.7 Å². The largest absolute Gasteiger partial charge is 0.369 e. The van der Waals surface area contributed by atoms with Crippen molar-refractivity contribution < 1.29 is 0 Å². The van der Waals surface area contributed by atoms with Crippen molar-refractivity contribution in [2.24, 2.45) is 7.05 Å². The van der Waals surface area contributed by atoms with Crippen LogP contribution in [0, 0.1) is 0 Å². The van der Waals surface area contributed by atoms with Crippen molar-refractivity contribution >= 4 is 17.3 Å². The average molecular weight is 370 g/mol. The van der Waals surface area contributed by atoms with Gasteiger partial charge in [0, 0.05) is 26.3 Å². The number of piperidine rings is 1. The predicted molar refractivity (Wildman–Crippen MR) is 102 cm³/mol. The van der Waals surface area contributed by atoms with E-state index >= 15 is 0 Å². The molecular formula is C19H20ClN5O.